The minimum atomic E-state index is -0.0464. The fourth-order valence-corrected chi connectivity index (χ4v) is 2.81. The van der Waals surface area contributed by atoms with Gasteiger partial charge in [0.15, 0.2) is 10.1 Å². The number of aliphatic hydroxyl groups is 2. The van der Waals surface area contributed by atoms with Crippen LogP contribution in [-0.4, -0.2) is 20.3 Å². The van der Waals surface area contributed by atoms with Gasteiger partial charge in [-0.3, -0.25) is 0 Å². The van der Waals surface area contributed by atoms with Crippen molar-refractivity contribution in [1.29, 1.82) is 0 Å². The number of hydrogen-bond donors (Lipinski definition) is 2. The van der Waals surface area contributed by atoms with E-state index in [1.54, 1.807) is 6.07 Å². The van der Waals surface area contributed by atoms with Gasteiger partial charge in [-0.1, -0.05) is 72.8 Å². The van der Waals surface area contributed by atoms with Gasteiger partial charge in [-0.2, -0.15) is 0 Å². The molecule has 2 nitrogen and oxygen atoms in total. The van der Waals surface area contributed by atoms with Crippen LogP contribution in [0.3, 0.4) is 0 Å². The van der Waals surface area contributed by atoms with Crippen LogP contribution in [0.1, 0.15) is 27.8 Å². The summed E-state index contributed by atoms with van der Waals surface area (Å²) in [5.74, 6) is 0. The number of hydrogen-bond acceptors (Lipinski definition) is 2. The third kappa shape index (κ3) is 6.06. The molecule has 0 unspecified atom stereocenters. The lowest BCUT2D eigenvalue weighted by Crippen LogP contribution is -1.96. The Bertz CT molecular complexity index is 889. The Labute approximate surface area is 164 Å². The topological polar surface area (TPSA) is 40.5 Å². The molecule has 132 valence electrons. The van der Waals surface area contributed by atoms with Crippen molar-refractivity contribution in [3.63, 3.8) is 0 Å². The molecule has 0 fully saturated rings. The second-order valence-electron chi connectivity index (χ2n) is 5.79. The summed E-state index contributed by atoms with van der Waals surface area (Å²) < 4.78 is 0. The second-order valence-corrected chi connectivity index (χ2v) is 6.56. The largest absolute Gasteiger partial charge is 0.499 e. The van der Waals surface area contributed by atoms with Crippen LogP contribution in [0.5, 0.6) is 0 Å². The number of aryl methyl sites for hydroxylation is 1. The summed E-state index contributed by atoms with van der Waals surface area (Å²) in [6.07, 6.45) is 0.858. The number of aliphatic hydroxyl groups excluding tert-OH is 2. The van der Waals surface area contributed by atoms with E-state index in [1.807, 2.05) is 67.6 Å². The van der Waals surface area contributed by atoms with Gasteiger partial charge >= 0.3 is 0 Å². The molecular weight excluding hydrogens is 360 g/mol. The lowest BCUT2D eigenvalue weighted by molar-refractivity contribution is 0.570. The van der Waals surface area contributed by atoms with Crippen molar-refractivity contribution in [2.75, 3.05) is 0 Å². The molecule has 3 aromatic carbocycles. The predicted molar refractivity (Wildman–Crippen MR) is 116 cm³/mol. The maximum atomic E-state index is 9.25. The summed E-state index contributed by atoms with van der Waals surface area (Å²) >= 11 is 9.35. The van der Waals surface area contributed by atoms with Crippen LogP contribution in [0, 0.1) is 6.92 Å². The summed E-state index contributed by atoms with van der Waals surface area (Å²) in [5, 5.41) is 18.1. The first-order chi connectivity index (χ1) is 12.5. The maximum Gasteiger partial charge on any atom is 0.188 e. The molecule has 0 amide bonds. The smallest absolute Gasteiger partial charge is 0.188 e. The molecule has 4 heteroatoms. The summed E-state index contributed by atoms with van der Waals surface area (Å²) in [4.78, 5) is 0. The van der Waals surface area contributed by atoms with Crippen LogP contribution in [0.2, 0.25) is 0 Å². The molecule has 3 rings (SSSR count). The molecule has 0 heterocycles. The van der Waals surface area contributed by atoms with Gasteiger partial charge in [0.2, 0.25) is 0 Å². The van der Waals surface area contributed by atoms with E-state index >= 15 is 0 Å². The Morgan fingerprint density at radius 3 is 1.92 bits per heavy atom. The van der Waals surface area contributed by atoms with Crippen LogP contribution in [-0.2, 0) is 6.42 Å². The van der Waals surface area contributed by atoms with Crippen molar-refractivity contribution in [2.24, 2.45) is 0 Å². The van der Waals surface area contributed by atoms with E-state index in [9.17, 15) is 5.11 Å². The molecule has 26 heavy (non-hydrogen) atoms. The highest BCUT2D eigenvalue weighted by Gasteiger charge is 2.01. The standard InChI is InChI=1S/C14H12OS.C8H8OS/c15-14(16)13-8-4-7-12(10-13)9-11-5-2-1-3-6-11;1-6-4-2-3-5-7(6)8(9)10/h1-8,10H,9H2,(H,15,16);2-5H,1H3,(H,9,10). The third-order valence-corrected chi connectivity index (χ3v) is 4.26. The van der Waals surface area contributed by atoms with Gasteiger partial charge in [0.25, 0.3) is 0 Å². The predicted octanol–water partition coefficient (Wildman–Crippen LogP) is 5.74. The molecule has 0 saturated heterocycles. The number of benzene rings is 3. The molecule has 0 bridgehead atoms. The number of thiocarbonyl (C=S) groups is 2. The van der Waals surface area contributed by atoms with Gasteiger partial charge in [-0.05, 0) is 60.5 Å². The van der Waals surface area contributed by atoms with Crippen LogP contribution < -0.4 is 0 Å². The normalized spacial score (nSPS) is 9.73. The molecule has 0 aliphatic heterocycles. The Kier molecular flexibility index (Phi) is 7.45. The summed E-state index contributed by atoms with van der Waals surface area (Å²) in [6.45, 7) is 1.91. The van der Waals surface area contributed by atoms with E-state index in [-0.39, 0.29) is 10.1 Å². The third-order valence-electron chi connectivity index (χ3n) is 3.80. The van der Waals surface area contributed by atoms with Gasteiger partial charge in [0.05, 0.1) is 0 Å². The van der Waals surface area contributed by atoms with E-state index in [0.29, 0.717) is 5.56 Å². The van der Waals surface area contributed by atoms with E-state index in [1.165, 1.54) is 5.56 Å². The van der Waals surface area contributed by atoms with E-state index < -0.39 is 0 Å². The number of rotatable bonds is 4. The van der Waals surface area contributed by atoms with Crippen molar-refractivity contribution >= 4 is 34.5 Å². The average molecular weight is 381 g/mol. The zero-order valence-corrected chi connectivity index (χ0v) is 16.1. The maximum absolute atomic E-state index is 9.25. The van der Waals surface area contributed by atoms with Gasteiger partial charge in [0, 0.05) is 11.1 Å². The first kappa shape index (κ1) is 19.8. The highest BCUT2D eigenvalue weighted by atomic mass is 32.1. The SMILES string of the molecule is Cc1ccccc1C(O)=S.OC(=S)c1cccc(Cc2ccccc2)c1. The highest BCUT2D eigenvalue weighted by Crippen LogP contribution is 2.11. The zero-order valence-electron chi connectivity index (χ0n) is 14.4. The zero-order chi connectivity index (χ0) is 18.9. The second kappa shape index (κ2) is 9.80. The van der Waals surface area contributed by atoms with E-state index in [2.05, 4.69) is 24.4 Å². The molecule has 0 radical (unpaired) electrons. The minimum absolute atomic E-state index is 0.0295. The molecule has 0 aliphatic carbocycles. The minimum Gasteiger partial charge on any atom is -0.499 e. The Balaban J connectivity index is 0.000000209. The fraction of sp³-hybridized carbons (Fsp3) is 0.0909. The van der Waals surface area contributed by atoms with Crippen molar-refractivity contribution in [3.05, 3.63) is 107 Å². The Hall–Kier alpha value is -2.56. The summed E-state index contributed by atoms with van der Waals surface area (Å²) in [5.41, 5.74) is 4.87. The quantitative estimate of drug-likeness (QED) is 0.566. The van der Waals surface area contributed by atoms with E-state index in [4.69, 9.17) is 17.3 Å². The van der Waals surface area contributed by atoms with E-state index in [0.717, 1.165) is 23.1 Å². The lowest BCUT2D eigenvalue weighted by atomic mass is 10.0. The molecule has 0 saturated carbocycles. The lowest BCUT2D eigenvalue weighted by Gasteiger charge is -2.03. The highest BCUT2D eigenvalue weighted by molar-refractivity contribution is 7.80. The van der Waals surface area contributed by atoms with Crippen LogP contribution >= 0.6 is 24.4 Å². The Morgan fingerprint density at radius 1 is 0.731 bits per heavy atom. The van der Waals surface area contributed by atoms with Crippen LogP contribution in [0.15, 0.2) is 78.9 Å². The monoisotopic (exact) mass is 380 g/mol. The van der Waals surface area contributed by atoms with Gasteiger partial charge in [-0.25, -0.2) is 0 Å². The van der Waals surface area contributed by atoms with Crippen molar-refractivity contribution in [3.8, 4) is 0 Å². The molecule has 0 aliphatic rings. The van der Waals surface area contributed by atoms with Crippen molar-refractivity contribution < 1.29 is 10.2 Å². The molecule has 0 atom stereocenters. The molecule has 0 spiro atoms. The average Bonchev–Trinajstić information content (AvgIpc) is 2.63. The van der Waals surface area contributed by atoms with Crippen LogP contribution in [0.4, 0.5) is 0 Å². The first-order valence-electron chi connectivity index (χ1n) is 8.12. The van der Waals surface area contributed by atoms with Crippen molar-refractivity contribution in [1.82, 2.24) is 0 Å². The van der Waals surface area contributed by atoms with Gasteiger partial charge in [0.1, 0.15) is 0 Å². The molecular formula is C22H20O2S2. The summed E-state index contributed by atoms with van der Waals surface area (Å²) in [6, 6.07) is 25.4. The summed E-state index contributed by atoms with van der Waals surface area (Å²) in [7, 11) is 0. The van der Waals surface area contributed by atoms with Gasteiger partial charge < -0.3 is 10.2 Å². The molecule has 0 aromatic heterocycles. The molecule has 3 aromatic rings. The van der Waals surface area contributed by atoms with Crippen LogP contribution in [0.25, 0.3) is 0 Å². The fourth-order valence-electron chi connectivity index (χ4n) is 2.46. The molecule has 2 N–H and O–H groups in total. The first-order valence-corrected chi connectivity index (χ1v) is 8.94. The van der Waals surface area contributed by atoms with Crippen molar-refractivity contribution in [2.45, 2.75) is 13.3 Å². The Morgan fingerprint density at radius 2 is 1.35 bits per heavy atom. The van der Waals surface area contributed by atoms with Gasteiger partial charge in [-0.15, -0.1) is 0 Å².